The van der Waals surface area contributed by atoms with Gasteiger partial charge in [-0.3, -0.25) is 11.3 Å². The van der Waals surface area contributed by atoms with Crippen LogP contribution in [-0.4, -0.2) is 19.8 Å². The highest BCUT2D eigenvalue weighted by Crippen LogP contribution is 2.30. The Morgan fingerprint density at radius 1 is 1.33 bits per heavy atom. The Kier molecular flexibility index (Phi) is 6.22. The molecule has 2 unspecified atom stereocenters. The second-order valence-electron chi connectivity index (χ2n) is 4.85. The van der Waals surface area contributed by atoms with Crippen LogP contribution >= 0.6 is 0 Å². The Morgan fingerprint density at radius 2 is 2.00 bits per heavy atom. The number of hydrazine groups is 1. The monoisotopic (exact) mass is 214 g/mol. The summed E-state index contributed by atoms with van der Waals surface area (Å²) in [5.41, 5.74) is 3.02. The summed E-state index contributed by atoms with van der Waals surface area (Å²) >= 11 is 0. The molecule has 0 aromatic rings. The molecule has 0 spiro atoms. The van der Waals surface area contributed by atoms with E-state index in [1.54, 1.807) is 7.11 Å². The smallest absolute Gasteiger partial charge is 0.0465 e. The van der Waals surface area contributed by atoms with Gasteiger partial charge in [-0.15, -0.1) is 0 Å². The summed E-state index contributed by atoms with van der Waals surface area (Å²) in [5.74, 6) is 7.07. The zero-order chi connectivity index (χ0) is 11.1. The molecule has 0 amide bonds. The van der Waals surface area contributed by atoms with Gasteiger partial charge >= 0.3 is 0 Å². The molecule has 0 aromatic carbocycles. The molecule has 1 aliphatic carbocycles. The van der Waals surface area contributed by atoms with Crippen LogP contribution in [0.25, 0.3) is 0 Å². The van der Waals surface area contributed by atoms with Gasteiger partial charge in [0.25, 0.3) is 0 Å². The number of nitrogens with two attached hydrogens (primary N) is 1. The van der Waals surface area contributed by atoms with Crippen LogP contribution in [0.5, 0.6) is 0 Å². The molecule has 3 heteroatoms. The van der Waals surface area contributed by atoms with Crippen LogP contribution in [0.1, 0.15) is 45.4 Å². The summed E-state index contributed by atoms with van der Waals surface area (Å²) in [6, 6.07) is 0.473. The number of hydrogen-bond donors (Lipinski definition) is 2. The van der Waals surface area contributed by atoms with Crippen molar-refractivity contribution in [1.29, 1.82) is 0 Å². The fourth-order valence-electron chi connectivity index (χ4n) is 2.74. The van der Waals surface area contributed by atoms with Gasteiger partial charge in [-0.25, -0.2) is 0 Å². The van der Waals surface area contributed by atoms with Crippen molar-refractivity contribution in [3.63, 3.8) is 0 Å². The zero-order valence-electron chi connectivity index (χ0n) is 10.2. The molecule has 3 nitrogen and oxygen atoms in total. The highest BCUT2D eigenvalue weighted by molar-refractivity contribution is 4.81. The number of methoxy groups -OCH3 is 1. The first-order valence-electron chi connectivity index (χ1n) is 6.24. The lowest BCUT2D eigenvalue weighted by Crippen LogP contribution is -2.46. The fourth-order valence-corrected chi connectivity index (χ4v) is 2.74. The van der Waals surface area contributed by atoms with Crippen LogP contribution in [-0.2, 0) is 4.74 Å². The van der Waals surface area contributed by atoms with Gasteiger partial charge < -0.3 is 4.74 Å². The number of ether oxygens (including phenoxy) is 1. The second kappa shape index (κ2) is 7.20. The first-order chi connectivity index (χ1) is 7.29. The van der Waals surface area contributed by atoms with E-state index in [1.165, 1.54) is 32.1 Å². The van der Waals surface area contributed by atoms with Gasteiger partial charge in [-0.1, -0.05) is 26.2 Å². The standard InChI is InChI=1S/C12H26N2O/c1-10(8-9-15-2)12(14-13)11-6-4-3-5-7-11/h10-12,14H,3-9,13H2,1-2H3. The molecule has 1 rings (SSSR count). The van der Waals surface area contributed by atoms with Gasteiger partial charge in [0.15, 0.2) is 0 Å². The molecule has 15 heavy (non-hydrogen) atoms. The molecule has 0 aliphatic heterocycles. The molecule has 0 aromatic heterocycles. The fraction of sp³-hybridized carbons (Fsp3) is 1.00. The Bertz CT molecular complexity index is 158. The van der Waals surface area contributed by atoms with Gasteiger partial charge in [-0.2, -0.15) is 0 Å². The highest BCUT2D eigenvalue weighted by Gasteiger charge is 2.26. The molecule has 0 saturated heterocycles. The maximum absolute atomic E-state index is 5.69. The molecule has 90 valence electrons. The van der Waals surface area contributed by atoms with Crippen LogP contribution in [0.15, 0.2) is 0 Å². The Morgan fingerprint density at radius 3 is 2.53 bits per heavy atom. The van der Waals surface area contributed by atoms with E-state index >= 15 is 0 Å². The first kappa shape index (κ1) is 12.9. The van der Waals surface area contributed by atoms with Crippen molar-refractivity contribution in [2.24, 2.45) is 17.7 Å². The van der Waals surface area contributed by atoms with Crippen LogP contribution in [0, 0.1) is 11.8 Å². The van der Waals surface area contributed by atoms with E-state index in [2.05, 4.69) is 12.3 Å². The van der Waals surface area contributed by atoms with Gasteiger partial charge in [0.1, 0.15) is 0 Å². The maximum atomic E-state index is 5.69. The average Bonchev–Trinajstić information content (AvgIpc) is 2.29. The van der Waals surface area contributed by atoms with E-state index in [4.69, 9.17) is 10.6 Å². The summed E-state index contributed by atoms with van der Waals surface area (Å²) in [7, 11) is 1.76. The maximum Gasteiger partial charge on any atom is 0.0465 e. The quantitative estimate of drug-likeness (QED) is 0.525. The molecule has 2 atom stereocenters. The molecule has 3 N–H and O–H groups in total. The SMILES string of the molecule is COCCC(C)C(NN)C1CCCCC1. The van der Waals surface area contributed by atoms with Crippen LogP contribution in [0.3, 0.4) is 0 Å². The zero-order valence-corrected chi connectivity index (χ0v) is 10.2. The van der Waals surface area contributed by atoms with E-state index in [0.717, 1.165) is 18.9 Å². The van der Waals surface area contributed by atoms with Crippen molar-refractivity contribution >= 4 is 0 Å². The van der Waals surface area contributed by atoms with Crippen molar-refractivity contribution in [2.75, 3.05) is 13.7 Å². The predicted molar refractivity (Wildman–Crippen MR) is 63.3 cm³/mol. The third kappa shape index (κ3) is 4.09. The summed E-state index contributed by atoms with van der Waals surface area (Å²) in [6.07, 6.45) is 7.93. The van der Waals surface area contributed by atoms with Crippen molar-refractivity contribution in [3.8, 4) is 0 Å². The van der Waals surface area contributed by atoms with Gasteiger partial charge in [-0.05, 0) is 31.1 Å². The van der Waals surface area contributed by atoms with Crippen LogP contribution in [0.4, 0.5) is 0 Å². The second-order valence-corrected chi connectivity index (χ2v) is 4.85. The first-order valence-corrected chi connectivity index (χ1v) is 6.24. The third-order valence-corrected chi connectivity index (χ3v) is 3.74. The number of rotatable bonds is 6. The predicted octanol–water partition coefficient (Wildman–Crippen LogP) is 2.07. The van der Waals surface area contributed by atoms with Crippen molar-refractivity contribution in [1.82, 2.24) is 5.43 Å². The molecular formula is C12H26N2O. The molecule has 1 fully saturated rings. The molecule has 0 radical (unpaired) electrons. The lowest BCUT2D eigenvalue weighted by molar-refractivity contribution is 0.147. The minimum absolute atomic E-state index is 0.473. The molecule has 1 saturated carbocycles. The minimum atomic E-state index is 0.473. The van der Waals surface area contributed by atoms with Crippen molar-refractivity contribution < 1.29 is 4.74 Å². The lowest BCUT2D eigenvalue weighted by Gasteiger charge is -2.33. The van der Waals surface area contributed by atoms with E-state index < -0.39 is 0 Å². The van der Waals surface area contributed by atoms with E-state index in [9.17, 15) is 0 Å². The molecule has 0 heterocycles. The summed E-state index contributed by atoms with van der Waals surface area (Å²) in [6.45, 7) is 3.12. The van der Waals surface area contributed by atoms with Crippen molar-refractivity contribution in [3.05, 3.63) is 0 Å². The van der Waals surface area contributed by atoms with E-state index in [1.807, 2.05) is 0 Å². The lowest BCUT2D eigenvalue weighted by atomic mass is 9.78. The number of hydrogen-bond acceptors (Lipinski definition) is 3. The Hall–Kier alpha value is -0.120. The molecular weight excluding hydrogens is 188 g/mol. The summed E-state index contributed by atoms with van der Waals surface area (Å²) in [4.78, 5) is 0. The van der Waals surface area contributed by atoms with E-state index in [-0.39, 0.29) is 0 Å². The summed E-state index contributed by atoms with van der Waals surface area (Å²) in [5, 5.41) is 0. The van der Waals surface area contributed by atoms with E-state index in [0.29, 0.717) is 12.0 Å². The molecule has 1 aliphatic rings. The van der Waals surface area contributed by atoms with Crippen LogP contribution in [0.2, 0.25) is 0 Å². The van der Waals surface area contributed by atoms with Gasteiger partial charge in [0.05, 0.1) is 0 Å². The van der Waals surface area contributed by atoms with Crippen molar-refractivity contribution in [2.45, 2.75) is 51.5 Å². The van der Waals surface area contributed by atoms with Crippen LogP contribution < -0.4 is 11.3 Å². The highest BCUT2D eigenvalue weighted by atomic mass is 16.5. The van der Waals surface area contributed by atoms with Gasteiger partial charge in [0.2, 0.25) is 0 Å². The number of nitrogens with one attached hydrogen (secondary N) is 1. The largest absolute Gasteiger partial charge is 0.385 e. The Balaban J connectivity index is 2.37. The van der Waals surface area contributed by atoms with Gasteiger partial charge in [0, 0.05) is 19.8 Å². The summed E-state index contributed by atoms with van der Waals surface area (Å²) < 4.78 is 5.13. The minimum Gasteiger partial charge on any atom is -0.385 e. The molecule has 0 bridgehead atoms. The normalized spacial score (nSPS) is 22.6. The average molecular weight is 214 g/mol. The Labute approximate surface area is 93.7 Å². The topological polar surface area (TPSA) is 47.3 Å². The third-order valence-electron chi connectivity index (χ3n) is 3.74.